The Balaban J connectivity index is 2.04. The van der Waals surface area contributed by atoms with Crippen LogP contribution in [0.3, 0.4) is 0 Å². The molecule has 1 heterocycles. The van der Waals surface area contributed by atoms with Crippen LogP contribution in [0.1, 0.15) is 11.4 Å². The van der Waals surface area contributed by atoms with Crippen molar-refractivity contribution in [2.45, 2.75) is 12.5 Å². The van der Waals surface area contributed by atoms with Gasteiger partial charge in [0.1, 0.15) is 0 Å². The lowest BCUT2D eigenvalue weighted by Crippen LogP contribution is -2.14. The molecule has 1 aromatic heterocycles. The van der Waals surface area contributed by atoms with Crippen LogP contribution in [-0.2, 0) is 6.42 Å². The molecule has 0 amide bonds. The molecule has 5 nitrogen and oxygen atoms in total. The Labute approximate surface area is 109 Å². The number of hydrogen-bond acceptors (Lipinski definition) is 5. The number of aromatic nitrogens is 2. The van der Waals surface area contributed by atoms with Gasteiger partial charge in [0.05, 0.1) is 29.4 Å². The maximum Gasteiger partial charge on any atom is 0.158 e. The zero-order valence-electron chi connectivity index (χ0n) is 9.98. The molecule has 3 N–H and O–H groups in total. The number of nitrogens with zero attached hydrogens (tertiary/aromatic N) is 2. The molecule has 0 saturated carbocycles. The fourth-order valence-electron chi connectivity index (χ4n) is 2.02. The first kappa shape index (κ1) is 11.7. The van der Waals surface area contributed by atoms with E-state index in [1.165, 1.54) is 12.1 Å². The fourth-order valence-corrected chi connectivity index (χ4v) is 2.02. The van der Waals surface area contributed by atoms with Crippen molar-refractivity contribution in [3.05, 3.63) is 41.9 Å². The molecule has 96 valence electrons. The van der Waals surface area contributed by atoms with Gasteiger partial charge < -0.3 is 15.3 Å². The maximum atomic E-state index is 9.57. The highest BCUT2D eigenvalue weighted by molar-refractivity contribution is 5.64. The first-order valence-electron chi connectivity index (χ1n) is 5.88. The normalized spacial score (nSPS) is 17.2. The van der Waals surface area contributed by atoms with Crippen LogP contribution in [0, 0.1) is 0 Å². The second-order valence-electron chi connectivity index (χ2n) is 4.42. The van der Waals surface area contributed by atoms with Crippen molar-refractivity contribution in [2.75, 3.05) is 0 Å². The van der Waals surface area contributed by atoms with E-state index in [1.807, 2.05) is 0 Å². The number of aliphatic hydroxyl groups excluding tert-OH is 1. The van der Waals surface area contributed by atoms with Gasteiger partial charge in [0, 0.05) is 12.0 Å². The number of phenolic OH excluding ortho intramolecular Hbond substituents is 2. The van der Waals surface area contributed by atoms with Crippen LogP contribution in [0.2, 0.25) is 0 Å². The molecule has 1 unspecified atom stereocenters. The van der Waals surface area contributed by atoms with Crippen LogP contribution in [-0.4, -0.2) is 31.4 Å². The summed E-state index contributed by atoms with van der Waals surface area (Å²) in [6.45, 7) is 0. The minimum absolute atomic E-state index is 0.173. The van der Waals surface area contributed by atoms with Crippen LogP contribution < -0.4 is 0 Å². The molecule has 1 aliphatic carbocycles. The van der Waals surface area contributed by atoms with Gasteiger partial charge in [-0.25, -0.2) is 4.98 Å². The number of rotatable bonds is 1. The fraction of sp³-hybridized carbons (Fsp3) is 0.143. The molecule has 0 saturated heterocycles. The van der Waals surface area contributed by atoms with E-state index in [9.17, 15) is 15.3 Å². The van der Waals surface area contributed by atoms with Crippen LogP contribution >= 0.6 is 0 Å². The number of fused-ring (bicyclic) bond motifs is 1. The predicted molar refractivity (Wildman–Crippen MR) is 69.5 cm³/mol. The summed E-state index contributed by atoms with van der Waals surface area (Å²) in [5, 5.41) is 28.4. The quantitative estimate of drug-likeness (QED) is 0.673. The minimum atomic E-state index is -0.537. The lowest BCUT2D eigenvalue weighted by molar-refractivity contribution is 0.221. The highest BCUT2D eigenvalue weighted by Crippen LogP contribution is 2.30. The monoisotopic (exact) mass is 256 g/mol. The van der Waals surface area contributed by atoms with E-state index in [4.69, 9.17) is 0 Å². The zero-order chi connectivity index (χ0) is 13.4. The van der Waals surface area contributed by atoms with Crippen molar-refractivity contribution in [2.24, 2.45) is 0 Å². The van der Waals surface area contributed by atoms with Crippen LogP contribution in [0.4, 0.5) is 0 Å². The van der Waals surface area contributed by atoms with Gasteiger partial charge in [0.25, 0.3) is 0 Å². The van der Waals surface area contributed by atoms with Crippen LogP contribution in [0.25, 0.3) is 17.3 Å². The summed E-state index contributed by atoms with van der Waals surface area (Å²) >= 11 is 0. The number of aliphatic hydroxyl groups is 1. The van der Waals surface area contributed by atoms with E-state index in [1.54, 1.807) is 24.4 Å². The standard InChI is InChI=1S/C14H12N2O3/c17-9-2-3-10-11(6-9)16-12(7-15-10)8-1-4-13(18)14(19)5-8/h1-5,7,9,17-19H,6H2. The van der Waals surface area contributed by atoms with Crippen molar-refractivity contribution in [3.8, 4) is 22.8 Å². The second-order valence-corrected chi connectivity index (χ2v) is 4.42. The molecule has 1 aromatic carbocycles. The third-order valence-corrected chi connectivity index (χ3v) is 3.03. The van der Waals surface area contributed by atoms with E-state index in [2.05, 4.69) is 9.97 Å². The first-order chi connectivity index (χ1) is 9.13. The average molecular weight is 256 g/mol. The Bertz CT molecular complexity index is 668. The molecule has 1 aliphatic rings. The van der Waals surface area contributed by atoms with Gasteiger partial charge in [-0.3, -0.25) is 4.98 Å². The number of benzene rings is 1. The topological polar surface area (TPSA) is 86.5 Å². The summed E-state index contributed by atoms with van der Waals surface area (Å²) in [6, 6.07) is 4.49. The summed E-state index contributed by atoms with van der Waals surface area (Å²) in [5.41, 5.74) is 2.73. The summed E-state index contributed by atoms with van der Waals surface area (Å²) in [6.07, 6.45) is 4.92. The van der Waals surface area contributed by atoms with Crippen molar-refractivity contribution in [3.63, 3.8) is 0 Å². The molecule has 2 aromatic rings. The van der Waals surface area contributed by atoms with E-state index in [-0.39, 0.29) is 11.5 Å². The van der Waals surface area contributed by atoms with Crippen LogP contribution in [0.15, 0.2) is 30.5 Å². The van der Waals surface area contributed by atoms with Crippen molar-refractivity contribution in [1.82, 2.24) is 9.97 Å². The molecule has 0 spiro atoms. The number of hydrogen-bond donors (Lipinski definition) is 3. The summed E-state index contributed by atoms with van der Waals surface area (Å²) < 4.78 is 0. The largest absolute Gasteiger partial charge is 0.504 e. The van der Waals surface area contributed by atoms with Crippen molar-refractivity contribution in [1.29, 1.82) is 0 Å². The Morgan fingerprint density at radius 3 is 2.79 bits per heavy atom. The average Bonchev–Trinajstić information content (AvgIpc) is 2.41. The highest BCUT2D eigenvalue weighted by Gasteiger charge is 2.15. The molecule has 0 aliphatic heterocycles. The van der Waals surface area contributed by atoms with Gasteiger partial charge in [0.2, 0.25) is 0 Å². The summed E-state index contributed by atoms with van der Waals surface area (Å²) in [5.74, 6) is -0.370. The van der Waals surface area contributed by atoms with Gasteiger partial charge >= 0.3 is 0 Å². The minimum Gasteiger partial charge on any atom is -0.504 e. The van der Waals surface area contributed by atoms with E-state index in [0.29, 0.717) is 17.7 Å². The molecular weight excluding hydrogens is 244 g/mol. The predicted octanol–water partition coefficient (Wildman–Crippen LogP) is 1.48. The first-order valence-corrected chi connectivity index (χ1v) is 5.88. The van der Waals surface area contributed by atoms with Gasteiger partial charge in [-0.1, -0.05) is 6.08 Å². The van der Waals surface area contributed by atoms with Crippen LogP contribution in [0.5, 0.6) is 11.5 Å². The molecule has 0 bridgehead atoms. The molecule has 1 atom stereocenters. The second kappa shape index (κ2) is 4.37. The van der Waals surface area contributed by atoms with Gasteiger partial charge in [-0.05, 0) is 24.3 Å². The SMILES string of the molecule is Oc1ccc(-c2cnc3c(n2)CC(O)C=C3)cc1O. The molecule has 19 heavy (non-hydrogen) atoms. The smallest absolute Gasteiger partial charge is 0.158 e. The summed E-state index contributed by atoms with van der Waals surface area (Å²) in [7, 11) is 0. The third kappa shape index (κ3) is 2.15. The Hall–Kier alpha value is -2.40. The van der Waals surface area contributed by atoms with Gasteiger partial charge in [-0.2, -0.15) is 0 Å². The van der Waals surface area contributed by atoms with Gasteiger partial charge in [0.15, 0.2) is 11.5 Å². The Morgan fingerprint density at radius 2 is 2.00 bits per heavy atom. The number of phenols is 2. The van der Waals surface area contributed by atoms with Gasteiger partial charge in [-0.15, -0.1) is 0 Å². The zero-order valence-corrected chi connectivity index (χ0v) is 9.98. The highest BCUT2D eigenvalue weighted by atomic mass is 16.3. The van der Waals surface area contributed by atoms with E-state index >= 15 is 0 Å². The molecule has 5 heteroatoms. The Morgan fingerprint density at radius 1 is 1.16 bits per heavy atom. The Kier molecular flexibility index (Phi) is 2.68. The van der Waals surface area contributed by atoms with Crippen molar-refractivity contribution < 1.29 is 15.3 Å². The molecule has 0 radical (unpaired) electrons. The lowest BCUT2D eigenvalue weighted by atomic mass is 10.0. The molecule has 0 fully saturated rings. The molecular formula is C14H12N2O3. The summed E-state index contributed by atoms with van der Waals surface area (Å²) in [4.78, 5) is 8.72. The lowest BCUT2D eigenvalue weighted by Gasteiger charge is -2.14. The number of aromatic hydroxyl groups is 2. The van der Waals surface area contributed by atoms with E-state index < -0.39 is 6.10 Å². The van der Waals surface area contributed by atoms with Crippen molar-refractivity contribution >= 4 is 6.08 Å². The molecule has 3 rings (SSSR count). The van der Waals surface area contributed by atoms with E-state index in [0.717, 1.165) is 11.4 Å². The third-order valence-electron chi connectivity index (χ3n) is 3.03. The maximum absolute atomic E-state index is 9.57.